The number of H-pyrrole nitrogens is 1. The largest absolute Gasteiger partial charge is 0.364 e. The van der Waals surface area contributed by atoms with Gasteiger partial charge in [0.25, 0.3) is 0 Å². The molecule has 3 aromatic rings. The summed E-state index contributed by atoms with van der Waals surface area (Å²) in [5.74, 6) is 0.145. The van der Waals surface area contributed by atoms with Gasteiger partial charge in [-0.05, 0) is 38.8 Å². The molecule has 0 aliphatic carbocycles. The zero-order chi connectivity index (χ0) is 17.6. The second-order valence-corrected chi connectivity index (χ2v) is 9.44. The Morgan fingerprint density at radius 2 is 2.12 bits per heavy atom. The lowest BCUT2D eigenvalue weighted by atomic mass is 9.92. The Kier molecular flexibility index (Phi) is 4.00. The van der Waals surface area contributed by atoms with Gasteiger partial charge in [-0.1, -0.05) is 0 Å². The van der Waals surface area contributed by atoms with Crippen molar-refractivity contribution < 1.29 is 8.42 Å². The molecule has 0 aromatic carbocycles. The average molecular weight is 358 g/mol. The van der Waals surface area contributed by atoms with Gasteiger partial charge < -0.3 is 4.98 Å². The zero-order valence-electron chi connectivity index (χ0n) is 14.4. The summed E-state index contributed by atoms with van der Waals surface area (Å²) >= 11 is 0. The third kappa shape index (κ3) is 2.71. The van der Waals surface area contributed by atoms with Crippen LogP contribution in [0.4, 0.5) is 0 Å². The number of rotatable bonds is 3. The number of pyridine rings is 2. The number of aromatic amines is 1. The van der Waals surface area contributed by atoms with E-state index in [9.17, 15) is 8.42 Å². The Labute approximate surface area is 147 Å². The number of hydrogen-bond donors (Lipinski definition) is 1. The second-order valence-electron chi connectivity index (χ2n) is 6.95. The van der Waals surface area contributed by atoms with E-state index >= 15 is 0 Å². The van der Waals surface area contributed by atoms with Crippen LogP contribution in [0.3, 0.4) is 0 Å². The van der Waals surface area contributed by atoms with Crippen molar-refractivity contribution in [3.05, 3.63) is 36.4 Å². The number of nitrogens with one attached hydrogen (secondary N) is 1. The van der Waals surface area contributed by atoms with Gasteiger partial charge >= 0.3 is 0 Å². The summed E-state index contributed by atoms with van der Waals surface area (Å²) in [6.07, 6.45) is 7.36. The van der Waals surface area contributed by atoms with Gasteiger partial charge in [-0.15, -0.1) is 0 Å². The second kappa shape index (κ2) is 6.07. The van der Waals surface area contributed by atoms with Crippen molar-refractivity contribution >= 4 is 31.8 Å². The minimum Gasteiger partial charge on any atom is -0.364 e. The van der Waals surface area contributed by atoms with Crippen LogP contribution < -0.4 is 0 Å². The van der Waals surface area contributed by atoms with Crippen molar-refractivity contribution in [1.82, 2.24) is 19.3 Å². The molecule has 6 nitrogen and oxygen atoms in total. The summed E-state index contributed by atoms with van der Waals surface area (Å²) < 4.78 is 26.8. The lowest BCUT2D eigenvalue weighted by Gasteiger charge is -2.33. The summed E-state index contributed by atoms with van der Waals surface area (Å²) in [6.45, 7) is 4.62. The maximum Gasteiger partial charge on any atom is 0.216 e. The van der Waals surface area contributed by atoms with E-state index in [0.29, 0.717) is 13.1 Å². The van der Waals surface area contributed by atoms with Crippen LogP contribution in [0.1, 0.15) is 38.3 Å². The minimum absolute atomic E-state index is 0.145. The van der Waals surface area contributed by atoms with Crippen LogP contribution in [-0.2, 0) is 10.0 Å². The van der Waals surface area contributed by atoms with Crippen LogP contribution in [-0.4, -0.2) is 46.0 Å². The van der Waals surface area contributed by atoms with Crippen LogP contribution in [0, 0.1) is 0 Å². The van der Waals surface area contributed by atoms with E-state index in [0.717, 1.165) is 40.3 Å². The summed E-state index contributed by atoms with van der Waals surface area (Å²) in [7, 11) is -3.23. The molecule has 1 aliphatic heterocycles. The Hall–Kier alpha value is -1.99. The molecule has 132 valence electrons. The fourth-order valence-corrected chi connectivity index (χ4v) is 5.09. The highest BCUT2D eigenvalue weighted by Gasteiger charge is 2.32. The molecule has 4 rings (SSSR count). The Balaban J connectivity index is 1.80. The fraction of sp³-hybridized carbons (Fsp3) is 0.444. The van der Waals surface area contributed by atoms with Gasteiger partial charge in [-0.3, -0.25) is 0 Å². The van der Waals surface area contributed by atoms with E-state index in [4.69, 9.17) is 0 Å². The molecule has 1 aliphatic rings. The Bertz CT molecular complexity index is 1030. The Morgan fingerprint density at radius 1 is 1.28 bits per heavy atom. The van der Waals surface area contributed by atoms with Crippen LogP contribution >= 0.6 is 0 Å². The molecule has 1 unspecified atom stereocenters. The maximum absolute atomic E-state index is 12.6. The lowest BCUT2D eigenvalue weighted by Crippen LogP contribution is -2.42. The van der Waals surface area contributed by atoms with Gasteiger partial charge in [0, 0.05) is 59.5 Å². The molecule has 1 N–H and O–H groups in total. The van der Waals surface area contributed by atoms with Crippen molar-refractivity contribution in [2.24, 2.45) is 0 Å². The van der Waals surface area contributed by atoms with E-state index in [1.54, 1.807) is 24.3 Å². The number of fused-ring (bicyclic) bond motifs is 3. The Morgan fingerprint density at radius 3 is 2.92 bits per heavy atom. The predicted octanol–water partition coefficient (Wildman–Crippen LogP) is 3.03. The molecule has 4 heterocycles. The molecule has 7 heteroatoms. The molecule has 0 radical (unpaired) electrons. The first kappa shape index (κ1) is 16.5. The van der Waals surface area contributed by atoms with E-state index in [2.05, 4.69) is 15.0 Å². The quantitative estimate of drug-likeness (QED) is 0.780. The minimum atomic E-state index is -3.23. The van der Waals surface area contributed by atoms with Gasteiger partial charge in [0.05, 0.1) is 5.25 Å². The smallest absolute Gasteiger partial charge is 0.216 e. The first-order valence-electron chi connectivity index (χ1n) is 8.68. The first-order valence-corrected chi connectivity index (χ1v) is 10.2. The molecule has 1 atom stereocenters. The number of piperidine rings is 1. The highest BCUT2D eigenvalue weighted by Crippen LogP contribution is 2.34. The van der Waals surface area contributed by atoms with Crippen molar-refractivity contribution in [1.29, 1.82) is 0 Å². The monoisotopic (exact) mass is 358 g/mol. The molecule has 1 saturated heterocycles. The molecular weight excluding hydrogens is 336 g/mol. The fourth-order valence-electron chi connectivity index (χ4n) is 3.72. The van der Waals surface area contributed by atoms with Gasteiger partial charge in [0.1, 0.15) is 0 Å². The zero-order valence-corrected chi connectivity index (χ0v) is 15.3. The highest BCUT2D eigenvalue weighted by molar-refractivity contribution is 7.89. The van der Waals surface area contributed by atoms with Gasteiger partial charge in [-0.2, -0.15) is 0 Å². The first-order chi connectivity index (χ1) is 12.0. The number of aromatic nitrogens is 3. The SMILES string of the molecule is CC(C)S(=O)(=O)N1CCCC(c2[nH]ccc3cnc4nccc4c23)C1. The maximum atomic E-state index is 12.6. The lowest BCUT2D eigenvalue weighted by molar-refractivity contribution is 0.311. The van der Waals surface area contributed by atoms with Gasteiger partial charge in [-0.25, -0.2) is 22.7 Å². The summed E-state index contributed by atoms with van der Waals surface area (Å²) in [5, 5.41) is 2.79. The van der Waals surface area contributed by atoms with Gasteiger partial charge in [0.2, 0.25) is 10.0 Å². The molecule has 0 bridgehead atoms. The third-order valence-corrected chi connectivity index (χ3v) is 7.32. The van der Waals surface area contributed by atoms with E-state index < -0.39 is 15.3 Å². The van der Waals surface area contributed by atoms with Crippen molar-refractivity contribution in [3.8, 4) is 0 Å². The van der Waals surface area contributed by atoms with Crippen molar-refractivity contribution in [2.45, 2.75) is 37.9 Å². The molecular formula is C18H22N4O2S. The molecule has 25 heavy (non-hydrogen) atoms. The topological polar surface area (TPSA) is 79.0 Å². The highest BCUT2D eigenvalue weighted by atomic mass is 32.2. The molecule has 1 fully saturated rings. The molecule has 3 aromatic heterocycles. The number of nitrogens with zero attached hydrogens (tertiary/aromatic N) is 3. The summed E-state index contributed by atoms with van der Waals surface area (Å²) in [5.41, 5.74) is 1.82. The molecule has 0 spiro atoms. The van der Waals surface area contributed by atoms with Gasteiger partial charge in [0.15, 0.2) is 5.65 Å². The van der Waals surface area contributed by atoms with E-state index in [1.165, 1.54) is 0 Å². The summed E-state index contributed by atoms with van der Waals surface area (Å²) in [6, 6.07) is 3.98. The van der Waals surface area contributed by atoms with Crippen molar-refractivity contribution in [3.63, 3.8) is 0 Å². The standard InChI is InChI=1S/C18H22N4O2S/c1-12(2)25(23,24)22-9-3-4-14(11-22)17-16-13(5-7-19-17)10-21-18-15(16)6-8-20-18/h5-8,10,12,14,19H,3-4,9,11H2,1-2H3. The number of sulfonamides is 1. The van der Waals surface area contributed by atoms with Crippen LogP contribution in [0.25, 0.3) is 21.8 Å². The van der Waals surface area contributed by atoms with Crippen LogP contribution in [0.2, 0.25) is 0 Å². The van der Waals surface area contributed by atoms with Crippen LogP contribution in [0.15, 0.2) is 30.7 Å². The average Bonchev–Trinajstić information content (AvgIpc) is 3.10. The molecule has 0 amide bonds. The number of hydrogen-bond acceptors (Lipinski definition) is 4. The third-order valence-electron chi connectivity index (χ3n) is 5.08. The summed E-state index contributed by atoms with van der Waals surface area (Å²) in [4.78, 5) is 12.1. The predicted molar refractivity (Wildman–Crippen MR) is 99.0 cm³/mol. The normalized spacial score (nSPS) is 19.9. The van der Waals surface area contributed by atoms with E-state index in [-0.39, 0.29) is 5.92 Å². The van der Waals surface area contributed by atoms with Crippen LogP contribution in [0.5, 0.6) is 0 Å². The van der Waals surface area contributed by atoms with E-state index in [1.807, 2.05) is 24.5 Å². The van der Waals surface area contributed by atoms with Crippen molar-refractivity contribution in [2.75, 3.05) is 13.1 Å². The molecule has 0 saturated carbocycles.